The first kappa shape index (κ1) is 17.1. The molecule has 3 amide bonds. The van der Waals surface area contributed by atoms with Crippen LogP contribution in [0.25, 0.3) is 0 Å². The molecule has 7 nitrogen and oxygen atoms in total. The van der Waals surface area contributed by atoms with Crippen molar-refractivity contribution in [1.29, 1.82) is 0 Å². The smallest absolute Gasteiger partial charge is 0.250 e. The minimum atomic E-state index is -0.617. The molecular formula is C15H19ClN4O3. The van der Waals surface area contributed by atoms with Crippen molar-refractivity contribution in [3.05, 3.63) is 28.8 Å². The number of halogens is 1. The lowest BCUT2D eigenvalue weighted by atomic mass is 10.1. The van der Waals surface area contributed by atoms with Gasteiger partial charge in [0.15, 0.2) is 0 Å². The second kappa shape index (κ2) is 7.82. The van der Waals surface area contributed by atoms with Crippen LogP contribution < -0.4 is 16.4 Å². The first-order valence-electron chi connectivity index (χ1n) is 7.35. The third kappa shape index (κ3) is 4.85. The molecule has 0 bridgehead atoms. The molecule has 1 saturated heterocycles. The minimum absolute atomic E-state index is 0.0290. The number of nitrogens with two attached hydrogens (primary N) is 1. The summed E-state index contributed by atoms with van der Waals surface area (Å²) in [6.07, 6.45) is 2.01. The van der Waals surface area contributed by atoms with Crippen molar-refractivity contribution in [1.82, 2.24) is 10.2 Å². The van der Waals surface area contributed by atoms with E-state index in [0.29, 0.717) is 10.7 Å². The second-order valence-corrected chi connectivity index (χ2v) is 5.71. The molecular weight excluding hydrogens is 320 g/mol. The molecule has 4 N–H and O–H groups in total. The van der Waals surface area contributed by atoms with E-state index in [4.69, 9.17) is 17.3 Å². The first-order valence-corrected chi connectivity index (χ1v) is 7.73. The Balaban J connectivity index is 1.83. The van der Waals surface area contributed by atoms with Crippen LogP contribution in [0.15, 0.2) is 18.2 Å². The van der Waals surface area contributed by atoms with Crippen LogP contribution in [0.1, 0.15) is 23.2 Å². The van der Waals surface area contributed by atoms with Crippen LogP contribution in [0, 0.1) is 0 Å². The highest BCUT2D eigenvalue weighted by Gasteiger charge is 2.18. The van der Waals surface area contributed by atoms with Gasteiger partial charge in [-0.1, -0.05) is 11.6 Å². The minimum Gasteiger partial charge on any atom is -0.375 e. The summed E-state index contributed by atoms with van der Waals surface area (Å²) in [5, 5.41) is 5.78. The average Bonchev–Trinajstić information content (AvgIpc) is 3.04. The summed E-state index contributed by atoms with van der Waals surface area (Å²) in [7, 11) is 0. The molecule has 8 heteroatoms. The van der Waals surface area contributed by atoms with E-state index in [2.05, 4.69) is 10.6 Å². The van der Waals surface area contributed by atoms with Gasteiger partial charge in [0.2, 0.25) is 11.8 Å². The van der Waals surface area contributed by atoms with Gasteiger partial charge >= 0.3 is 0 Å². The van der Waals surface area contributed by atoms with Crippen LogP contribution >= 0.6 is 11.6 Å². The maximum absolute atomic E-state index is 11.8. The van der Waals surface area contributed by atoms with E-state index in [0.717, 1.165) is 25.9 Å². The summed E-state index contributed by atoms with van der Waals surface area (Å²) in [4.78, 5) is 36.7. The first-order chi connectivity index (χ1) is 11.0. The van der Waals surface area contributed by atoms with Gasteiger partial charge in [0.05, 0.1) is 18.7 Å². The van der Waals surface area contributed by atoms with Crippen molar-refractivity contribution in [2.24, 2.45) is 5.73 Å². The number of primary amides is 1. The predicted octanol–water partition coefficient (Wildman–Crippen LogP) is 0.589. The Labute approximate surface area is 139 Å². The van der Waals surface area contributed by atoms with E-state index < -0.39 is 5.91 Å². The molecule has 0 spiro atoms. The zero-order valence-electron chi connectivity index (χ0n) is 12.6. The lowest BCUT2D eigenvalue weighted by Crippen LogP contribution is -2.40. The second-order valence-electron chi connectivity index (χ2n) is 5.27. The van der Waals surface area contributed by atoms with Crippen molar-refractivity contribution >= 4 is 35.0 Å². The summed E-state index contributed by atoms with van der Waals surface area (Å²) in [5.74, 6) is -1.06. The highest BCUT2D eigenvalue weighted by Crippen LogP contribution is 2.20. The highest BCUT2D eigenvalue weighted by molar-refractivity contribution is 6.31. The fourth-order valence-electron chi connectivity index (χ4n) is 2.37. The van der Waals surface area contributed by atoms with Crippen LogP contribution in [-0.2, 0) is 9.59 Å². The average molecular weight is 339 g/mol. The highest BCUT2D eigenvalue weighted by atomic mass is 35.5. The Morgan fingerprint density at radius 2 is 1.87 bits per heavy atom. The Hall–Kier alpha value is -2.28. The number of likely N-dealkylation sites (tertiary alicyclic amines) is 1. The summed E-state index contributed by atoms with van der Waals surface area (Å²) in [6, 6.07) is 4.55. The largest absolute Gasteiger partial charge is 0.375 e. The molecule has 0 radical (unpaired) electrons. The number of nitrogens with one attached hydrogen (secondary N) is 2. The van der Waals surface area contributed by atoms with Gasteiger partial charge in [-0.2, -0.15) is 0 Å². The van der Waals surface area contributed by atoms with Gasteiger partial charge in [-0.25, -0.2) is 0 Å². The fraction of sp³-hybridized carbons (Fsp3) is 0.400. The number of carbonyl (C=O) groups excluding carboxylic acids is 3. The summed E-state index contributed by atoms with van der Waals surface area (Å²) < 4.78 is 0. The van der Waals surface area contributed by atoms with Crippen molar-refractivity contribution in [3.63, 3.8) is 0 Å². The van der Waals surface area contributed by atoms with E-state index in [1.807, 2.05) is 0 Å². The SMILES string of the molecule is NC(=O)c1ccc(Cl)cc1NCC(=O)NCC(=O)N1CCCC1. The van der Waals surface area contributed by atoms with E-state index >= 15 is 0 Å². The molecule has 1 aliphatic rings. The van der Waals surface area contributed by atoms with Gasteiger partial charge in [-0.05, 0) is 31.0 Å². The van der Waals surface area contributed by atoms with E-state index in [9.17, 15) is 14.4 Å². The van der Waals surface area contributed by atoms with Gasteiger partial charge in [-0.15, -0.1) is 0 Å². The molecule has 124 valence electrons. The number of carbonyl (C=O) groups is 3. The summed E-state index contributed by atoms with van der Waals surface area (Å²) in [5.41, 5.74) is 5.89. The standard InChI is InChI=1S/C15H19ClN4O3/c16-10-3-4-11(15(17)23)12(7-10)18-8-13(21)19-9-14(22)20-5-1-2-6-20/h3-4,7,18H,1-2,5-6,8-9H2,(H2,17,23)(H,19,21). The van der Waals surface area contributed by atoms with Crippen LogP contribution in [0.5, 0.6) is 0 Å². The van der Waals surface area contributed by atoms with Gasteiger partial charge in [0, 0.05) is 23.8 Å². The molecule has 2 rings (SSSR count). The molecule has 0 aliphatic carbocycles. The van der Waals surface area contributed by atoms with Gasteiger partial charge in [-0.3, -0.25) is 14.4 Å². The molecule has 0 unspecified atom stereocenters. The van der Waals surface area contributed by atoms with Crippen molar-refractivity contribution < 1.29 is 14.4 Å². The van der Waals surface area contributed by atoms with Crippen molar-refractivity contribution in [3.8, 4) is 0 Å². The Bertz CT molecular complexity index is 615. The number of hydrogen-bond acceptors (Lipinski definition) is 4. The zero-order valence-corrected chi connectivity index (χ0v) is 13.4. The number of amides is 3. The monoisotopic (exact) mass is 338 g/mol. The molecule has 0 saturated carbocycles. The van der Waals surface area contributed by atoms with Crippen molar-refractivity contribution in [2.45, 2.75) is 12.8 Å². The van der Waals surface area contributed by atoms with Crippen molar-refractivity contribution in [2.75, 3.05) is 31.5 Å². The molecule has 1 aromatic carbocycles. The Morgan fingerprint density at radius 3 is 2.52 bits per heavy atom. The number of hydrogen-bond donors (Lipinski definition) is 3. The molecule has 1 heterocycles. The Kier molecular flexibility index (Phi) is 5.81. The third-order valence-electron chi connectivity index (χ3n) is 3.58. The lowest BCUT2D eigenvalue weighted by Gasteiger charge is -2.16. The molecule has 23 heavy (non-hydrogen) atoms. The fourth-order valence-corrected chi connectivity index (χ4v) is 2.54. The van der Waals surface area contributed by atoms with E-state index in [1.54, 1.807) is 11.0 Å². The van der Waals surface area contributed by atoms with E-state index in [1.165, 1.54) is 12.1 Å². The topological polar surface area (TPSA) is 105 Å². The quantitative estimate of drug-likeness (QED) is 0.706. The molecule has 1 fully saturated rings. The molecule has 1 aromatic rings. The maximum atomic E-state index is 11.8. The molecule has 0 atom stereocenters. The zero-order chi connectivity index (χ0) is 16.8. The molecule has 0 aromatic heterocycles. The van der Waals surface area contributed by atoms with Crippen LogP contribution in [0.3, 0.4) is 0 Å². The number of anilines is 1. The summed E-state index contributed by atoms with van der Waals surface area (Å²) in [6.45, 7) is 1.38. The normalized spacial score (nSPS) is 13.7. The van der Waals surface area contributed by atoms with Crippen LogP contribution in [-0.4, -0.2) is 48.8 Å². The number of nitrogens with zero attached hydrogens (tertiary/aromatic N) is 1. The lowest BCUT2D eigenvalue weighted by molar-refractivity contribution is -0.131. The van der Waals surface area contributed by atoms with Crippen LogP contribution in [0.2, 0.25) is 5.02 Å². The van der Waals surface area contributed by atoms with E-state index in [-0.39, 0.29) is 30.5 Å². The van der Waals surface area contributed by atoms with Crippen LogP contribution in [0.4, 0.5) is 5.69 Å². The number of benzene rings is 1. The Morgan fingerprint density at radius 1 is 1.17 bits per heavy atom. The van der Waals surface area contributed by atoms with Gasteiger partial charge < -0.3 is 21.3 Å². The van der Waals surface area contributed by atoms with Gasteiger partial charge in [0.1, 0.15) is 0 Å². The third-order valence-corrected chi connectivity index (χ3v) is 3.82. The molecule has 1 aliphatic heterocycles. The maximum Gasteiger partial charge on any atom is 0.250 e. The summed E-state index contributed by atoms with van der Waals surface area (Å²) >= 11 is 5.87. The number of rotatable bonds is 6. The van der Waals surface area contributed by atoms with Gasteiger partial charge in [0.25, 0.3) is 5.91 Å². The predicted molar refractivity (Wildman–Crippen MR) is 87.3 cm³/mol.